The minimum atomic E-state index is 0.0163. The van der Waals surface area contributed by atoms with Crippen molar-refractivity contribution in [3.63, 3.8) is 0 Å². The van der Waals surface area contributed by atoms with E-state index in [-0.39, 0.29) is 5.84 Å². The first kappa shape index (κ1) is 13.9. The quantitative estimate of drug-likeness (QED) is 0.378. The number of anilines is 1. The first-order valence-electron chi connectivity index (χ1n) is 6.47. The Kier molecular flexibility index (Phi) is 4.55. The molecule has 1 aromatic heterocycles. The highest BCUT2D eigenvalue weighted by molar-refractivity contribution is 5.95. The summed E-state index contributed by atoms with van der Waals surface area (Å²) in [6, 6.07) is 14.0. The molecule has 0 atom stereocenters. The van der Waals surface area contributed by atoms with Gasteiger partial charge in [0.25, 0.3) is 0 Å². The number of aromatic nitrogens is 1. The Morgan fingerprint density at radius 1 is 1.30 bits per heavy atom. The molecule has 0 bridgehead atoms. The average molecular weight is 270 g/mol. The number of oxime groups is 1. The van der Waals surface area contributed by atoms with E-state index in [9.17, 15) is 0 Å². The van der Waals surface area contributed by atoms with E-state index in [1.807, 2.05) is 30.3 Å². The van der Waals surface area contributed by atoms with Crippen LogP contribution in [0, 0.1) is 0 Å². The zero-order chi connectivity index (χ0) is 14.4. The first-order valence-corrected chi connectivity index (χ1v) is 6.47. The standard InChI is InChI=1S/C15H18N4O/c1-2-19(11-12-6-4-3-5-7-12)13-8-9-17-14(10-13)15(16)18-20/h3-10,20H,2,11H2,1H3,(H2,16,18). The molecular weight excluding hydrogens is 252 g/mol. The number of hydrogen-bond donors (Lipinski definition) is 2. The summed E-state index contributed by atoms with van der Waals surface area (Å²) in [5, 5.41) is 11.7. The van der Waals surface area contributed by atoms with Crippen molar-refractivity contribution in [1.29, 1.82) is 0 Å². The SMILES string of the molecule is CCN(Cc1ccccc1)c1ccnc(C(N)=NO)c1. The molecule has 3 N–H and O–H groups in total. The molecule has 2 rings (SSSR count). The van der Waals surface area contributed by atoms with Crippen LogP contribution in [0.1, 0.15) is 18.2 Å². The second-order valence-electron chi connectivity index (χ2n) is 4.38. The van der Waals surface area contributed by atoms with Gasteiger partial charge < -0.3 is 15.8 Å². The van der Waals surface area contributed by atoms with Crippen LogP contribution in [0.25, 0.3) is 0 Å². The average Bonchev–Trinajstić information content (AvgIpc) is 2.53. The highest BCUT2D eigenvalue weighted by atomic mass is 16.4. The molecule has 0 aliphatic heterocycles. The van der Waals surface area contributed by atoms with Crippen LogP contribution >= 0.6 is 0 Å². The van der Waals surface area contributed by atoms with Crippen molar-refractivity contribution < 1.29 is 5.21 Å². The summed E-state index contributed by atoms with van der Waals surface area (Å²) in [4.78, 5) is 6.29. The van der Waals surface area contributed by atoms with Gasteiger partial charge in [0, 0.05) is 25.0 Å². The zero-order valence-electron chi connectivity index (χ0n) is 11.4. The van der Waals surface area contributed by atoms with E-state index in [1.54, 1.807) is 6.20 Å². The smallest absolute Gasteiger partial charge is 0.188 e. The number of nitrogens with zero attached hydrogens (tertiary/aromatic N) is 3. The molecule has 0 aliphatic carbocycles. The van der Waals surface area contributed by atoms with Gasteiger partial charge >= 0.3 is 0 Å². The maximum Gasteiger partial charge on any atom is 0.188 e. The van der Waals surface area contributed by atoms with Crippen molar-refractivity contribution in [1.82, 2.24) is 4.98 Å². The van der Waals surface area contributed by atoms with Crippen LogP contribution in [0.3, 0.4) is 0 Å². The van der Waals surface area contributed by atoms with Crippen molar-refractivity contribution in [2.75, 3.05) is 11.4 Å². The molecule has 0 spiro atoms. The second-order valence-corrected chi connectivity index (χ2v) is 4.38. The minimum Gasteiger partial charge on any atom is -0.409 e. The molecule has 0 amide bonds. The van der Waals surface area contributed by atoms with Gasteiger partial charge in [-0.3, -0.25) is 4.98 Å². The first-order chi connectivity index (χ1) is 9.74. The maximum atomic E-state index is 8.72. The third-order valence-electron chi connectivity index (χ3n) is 3.08. The molecule has 1 aromatic carbocycles. The van der Waals surface area contributed by atoms with Gasteiger partial charge in [-0.2, -0.15) is 0 Å². The highest BCUT2D eigenvalue weighted by Crippen LogP contribution is 2.17. The van der Waals surface area contributed by atoms with Gasteiger partial charge in [0.2, 0.25) is 0 Å². The zero-order valence-corrected chi connectivity index (χ0v) is 11.4. The third kappa shape index (κ3) is 3.26. The molecule has 0 aliphatic rings. The molecule has 0 radical (unpaired) electrons. The Hall–Kier alpha value is -2.56. The Morgan fingerprint density at radius 2 is 2.05 bits per heavy atom. The van der Waals surface area contributed by atoms with Crippen molar-refractivity contribution >= 4 is 11.5 Å². The number of pyridine rings is 1. The van der Waals surface area contributed by atoms with Gasteiger partial charge in [-0.25, -0.2) is 0 Å². The molecule has 0 unspecified atom stereocenters. The summed E-state index contributed by atoms with van der Waals surface area (Å²) in [6.07, 6.45) is 1.66. The fourth-order valence-electron chi connectivity index (χ4n) is 2.00. The lowest BCUT2D eigenvalue weighted by atomic mass is 10.2. The largest absolute Gasteiger partial charge is 0.409 e. The summed E-state index contributed by atoms with van der Waals surface area (Å²) >= 11 is 0. The van der Waals surface area contributed by atoms with E-state index in [0.717, 1.165) is 18.8 Å². The van der Waals surface area contributed by atoms with Crippen molar-refractivity contribution in [3.05, 3.63) is 59.9 Å². The lowest BCUT2D eigenvalue weighted by Gasteiger charge is -2.23. The number of rotatable bonds is 5. The Morgan fingerprint density at radius 3 is 2.70 bits per heavy atom. The van der Waals surface area contributed by atoms with Crippen LogP contribution in [0.2, 0.25) is 0 Å². The molecule has 2 aromatic rings. The molecule has 104 valence electrons. The summed E-state index contributed by atoms with van der Waals surface area (Å²) in [5.74, 6) is 0.0163. The van der Waals surface area contributed by atoms with Crippen molar-refractivity contribution in [2.45, 2.75) is 13.5 Å². The van der Waals surface area contributed by atoms with Crippen LogP contribution in [-0.4, -0.2) is 22.6 Å². The summed E-state index contributed by atoms with van der Waals surface area (Å²) < 4.78 is 0. The third-order valence-corrected chi connectivity index (χ3v) is 3.08. The van der Waals surface area contributed by atoms with Gasteiger partial charge in [-0.05, 0) is 24.6 Å². The minimum absolute atomic E-state index is 0.0163. The fourth-order valence-corrected chi connectivity index (χ4v) is 2.00. The summed E-state index contributed by atoms with van der Waals surface area (Å²) in [6.45, 7) is 3.75. The van der Waals surface area contributed by atoms with E-state index in [4.69, 9.17) is 10.9 Å². The lowest BCUT2D eigenvalue weighted by Crippen LogP contribution is -2.23. The molecule has 5 heteroatoms. The van der Waals surface area contributed by atoms with Gasteiger partial charge in [0.1, 0.15) is 5.69 Å². The van der Waals surface area contributed by atoms with Gasteiger partial charge in [0.05, 0.1) is 0 Å². The number of hydrogen-bond acceptors (Lipinski definition) is 4. The normalized spacial score (nSPS) is 11.3. The molecule has 0 saturated carbocycles. The molecule has 0 saturated heterocycles. The molecular formula is C15H18N4O. The van der Waals surface area contributed by atoms with Gasteiger partial charge in [0.15, 0.2) is 5.84 Å². The highest BCUT2D eigenvalue weighted by Gasteiger charge is 2.08. The topological polar surface area (TPSA) is 74.7 Å². The van der Waals surface area contributed by atoms with Crippen molar-refractivity contribution in [2.24, 2.45) is 10.9 Å². The summed E-state index contributed by atoms with van der Waals surface area (Å²) in [7, 11) is 0. The van der Waals surface area contributed by atoms with Gasteiger partial charge in [-0.1, -0.05) is 35.5 Å². The Balaban J connectivity index is 2.23. The van der Waals surface area contributed by atoms with Crippen molar-refractivity contribution in [3.8, 4) is 0 Å². The van der Waals surface area contributed by atoms with E-state index in [0.29, 0.717) is 5.69 Å². The van der Waals surface area contributed by atoms with E-state index >= 15 is 0 Å². The van der Waals surface area contributed by atoms with Gasteiger partial charge in [-0.15, -0.1) is 0 Å². The number of nitrogens with two attached hydrogens (primary N) is 1. The number of benzene rings is 1. The molecule has 1 heterocycles. The molecule has 20 heavy (non-hydrogen) atoms. The fraction of sp³-hybridized carbons (Fsp3) is 0.200. The monoisotopic (exact) mass is 270 g/mol. The predicted molar refractivity (Wildman–Crippen MR) is 79.9 cm³/mol. The summed E-state index contributed by atoms with van der Waals surface area (Å²) in [5.41, 5.74) is 8.27. The molecule has 0 fully saturated rings. The van der Waals surface area contributed by atoms with E-state index < -0.39 is 0 Å². The Labute approximate surface area is 118 Å². The predicted octanol–water partition coefficient (Wildman–Crippen LogP) is 2.20. The van der Waals surface area contributed by atoms with Crippen LogP contribution < -0.4 is 10.6 Å². The van der Waals surface area contributed by atoms with Crippen LogP contribution in [0.15, 0.2) is 53.8 Å². The second kappa shape index (κ2) is 6.56. The molecule has 5 nitrogen and oxygen atoms in total. The maximum absolute atomic E-state index is 8.72. The van der Waals surface area contributed by atoms with Crippen LogP contribution in [0.5, 0.6) is 0 Å². The Bertz CT molecular complexity index is 583. The van der Waals surface area contributed by atoms with Crippen LogP contribution in [0.4, 0.5) is 5.69 Å². The van der Waals surface area contributed by atoms with Crippen LogP contribution in [-0.2, 0) is 6.54 Å². The number of amidine groups is 1. The van der Waals surface area contributed by atoms with E-state index in [1.165, 1.54) is 5.56 Å². The van der Waals surface area contributed by atoms with E-state index in [2.05, 4.69) is 34.1 Å². The lowest BCUT2D eigenvalue weighted by molar-refractivity contribution is 0.318.